The molecule has 0 fully saturated rings. The maximum absolute atomic E-state index is 13.5. The molecular formula is C15H19ClFNO3. The van der Waals surface area contributed by atoms with Crippen LogP contribution in [0, 0.1) is 11.7 Å². The van der Waals surface area contributed by atoms with Crippen molar-refractivity contribution in [1.29, 1.82) is 0 Å². The standard InChI is InChI=1S/C15H19ClFNO3/c1-2-10(3-6-14(19)20)7-8-18-15(21)12-9-11(16)4-5-13(12)17/h4-5,9-10H,2-3,6-8H2,1H3,(H,18,21)(H,19,20). The maximum atomic E-state index is 13.5. The van der Waals surface area contributed by atoms with Crippen molar-refractivity contribution >= 4 is 23.5 Å². The number of carboxylic acids is 1. The van der Waals surface area contributed by atoms with Crippen LogP contribution in [0.4, 0.5) is 4.39 Å². The van der Waals surface area contributed by atoms with Gasteiger partial charge in [0, 0.05) is 18.0 Å². The molecule has 1 aromatic rings. The van der Waals surface area contributed by atoms with Crippen molar-refractivity contribution in [2.24, 2.45) is 5.92 Å². The van der Waals surface area contributed by atoms with Crippen LogP contribution in [0.15, 0.2) is 18.2 Å². The molecule has 1 unspecified atom stereocenters. The second-order valence-electron chi connectivity index (χ2n) is 4.88. The molecule has 0 aliphatic heterocycles. The fourth-order valence-corrected chi connectivity index (χ4v) is 2.21. The van der Waals surface area contributed by atoms with Gasteiger partial charge >= 0.3 is 5.97 Å². The summed E-state index contributed by atoms with van der Waals surface area (Å²) >= 11 is 5.74. The van der Waals surface area contributed by atoms with Gasteiger partial charge in [0.05, 0.1) is 5.56 Å². The average molecular weight is 316 g/mol. The largest absolute Gasteiger partial charge is 0.481 e. The molecule has 21 heavy (non-hydrogen) atoms. The van der Waals surface area contributed by atoms with Gasteiger partial charge in [-0.25, -0.2) is 4.39 Å². The van der Waals surface area contributed by atoms with Gasteiger partial charge in [-0.2, -0.15) is 0 Å². The van der Waals surface area contributed by atoms with E-state index in [1.54, 1.807) is 0 Å². The van der Waals surface area contributed by atoms with Crippen LogP contribution in [-0.4, -0.2) is 23.5 Å². The molecule has 4 nitrogen and oxygen atoms in total. The molecule has 0 radical (unpaired) electrons. The van der Waals surface area contributed by atoms with Crippen molar-refractivity contribution in [3.8, 4) is 0 Å². The first-order chi connectivity index (χ1) is 9.93. The Hall–Kier alpha value is -1.62. The molecule has 0 spiro atoms. The van der Waals surface area contributed by atoms with E-state index in [4.69, 9.17) is 16.7 Å². The second kappa shape index (κ2) is 8.62. The molecule has 6 heteroatoms. The Morgan fingerprint density at radius 2 is 2.10 bits per heavy atom. The third-order valence-corrected chi connectivity index (χ3v) is 3.59. The summed E-state index contributed by atoms with van der Waals surface area (Å²) in [5.74, 6) is -1.72. The molecule has 0 saturated carbocycles. The van der Waals surface area contributed by atoms with Gasteiger partial charge in [-0.3, -0.25) is 9.59 Å². The summed E-state index contributed by atoms with van der Waals surface area (Å²) in [6.07, 6.45) is 2.20. The normalized spacial score (nSPS) is 12.0. The first kappa shape index (κ1) is 17.4. The van der Waals surface area contributed by atoms with Crippen molar-refractivity contribution in [3.05, 3.63) is 34.6 Å². The lowest BCUT2D eigenvalue weighted by Crippen LogP contribution is -2.26. The summed E-state index contributed by atoms with van der Waals surface area (Å²) < 4.78 is 13.5. The van der Waals surface area contributed by atoms with Crippen LogP contribution < -0.4 is 5.32 Å². The molecule has 2 N–H and O–H groups in total. The number of benzene rings is 1. The number of hydrogen-bond donors (Lipinski definition) is 2. The molecule has 116 valence electrons. The maximum Gasteiger partial charge on any atom is 0.303 e. The molecule has 1 amide bonds. The zero-order valence-electron chi connectivity index (χ0n) is 11.9. The topological polar surface area (TPSA) is 66.4 Å². The summed E-state index contributed by atoms with van der Waals surface area (Å²) in [6.45, 7) is 2.36. The predicted molar refractivity (Wildman–Crippen MR) is 79.0 cm³/mol. The Morgan fingerprint density at radius 1 is 1.38 bits per heavy atom. The number of nitrogens with one attached hydrogen (secondary N) is 1. The zero-order valence-corrected chi connectivity index (χ0v) is 12.6. The summed E-state index contributed by atoms with van der Waals surface area (Å²) in [5, 5.41) is 11.6. The number of halogens is 2. The fraction of sp³-hybridized carbons (Fsp3) is 0.467. The van der Waals surface area contributed by atoms with Gasteiger partial charge in [-0.1, -0.05) is 24.9 Å². The van der Waals surface area contributed by atoms with E-state index in [0.717, 1.165) is 12.5 Å². The van der Waals surface area contributed by atoms with Crippen molar-refractivity contribution in [1.82, 2.24) is 5.32 Å². The van der Waals surface area contributed by atoms with Crippen molar-refractivity contribution in [2.75, 3.05) is 6.54 Å². The fourth-order valence-electron chi connectivity index (χ4n) is 2.04. The highest BCUT2D eigenvalue weighted by Gasteiger charge is 2.13. The lowest BCUT2D eigenvalue weighted by molar-refractivity contribution is -0.137. The highest BCUT2D eigenvalue weighted by atomic mass is 35.5. The van der Waals surface area contributed by atoms with E-state index in [1.165, 1.54) is 12.1 Å². The number of carboxylic acid groups (broad SMARTS) is 1. The Labute approximate surface area is 128 Å². The molecule has 0 aliphatic rings. The van der Waals surface area contributed by atoms with Gasteiger partial charge in [0.15, 0.2) is 0 Å². The summed E-state index contributed by atoms with van der Waals surface area (Å²) in [4.78, 5) is 22.4. The highest BCUT2D eigenvalue weighted by Crippen LogP contribution is 2.16. The number of rotatable bonds is 8. The van der Waals surface area contributed by atoms with Crippen molar-refractivity contribution in [3.63, 3.8) is 0 Å². The number of amides is 1. The van der Waals surface area contributed by atoms with Gasteiger partial charge in [0.25, 0.3) is 5.91 Å². The molecule has 0 bridgehead atoms. The van der Waals surface area contributed by atoms with E-state index < -0.39 is 17.7 Å². The SMILES string of the molecule is CCC(CCNC(=O)c1cc(Cl)ccc1F)CCC(=O)O. The molecule has 0 heterocycles. The Bertz CT molecular complexity index is 508. The minimum atomic E-state index is -0.821. The third-order valence-electron chi connectivity index (χ3n) is 3.35. The quantitative estimate of drug-likeness (QED) is 0.771. The van der Waals surface area contributed by atoms with Gasteiger partial charge in [-0.05, 0) is 37.0 Å². The smallest absolute Gasteiger partial charge is 0.303 e. The summed E-state index contributed by atoms with van der Waals surface area (Å²) in [7, 11) is 0. The van der Waals surface area contributed by atoms with Crippen molar-refractivity contribution in [2.45, 2.75) is 32.6 Å². The van der Waals surface area contributed by atoms with E-state index >= 15 is 0 Å². The summed E-state index contributed by atoms with van der Waals surface area (Å²) in [5.41, 5.74) is -0.0823. The number of carbonyl (C=O) groups excluding carboxylic acids is 1. The lowest BCUT2D eigenvalue weighted by Gasteiger charge is -2.14. The van der Waals surface area contributed by atoms with E-state index in [1.807, 2.05) is 6.92 Å². The Morgan fingerprint density at radius 3 is 2.71 bits per heavy atom. The Balaban J connectivity index is 2.45. The minimum Gasteiger partial charge on any atom is -0.481 e. The third kappa shape index (κ3) is 6.12. The van der Waals surface area contributed by atoms with Gasteiger partial charge in [0.2, 0.25) is 0 Å². The van der Waals surface area contributed by atoms with E-state index in [0.29, 0.717) is 24.4 Å². The lowest BCUT2D eigenvalue weighted by atomic mass is 9.96. The van der Waals surface area contributed by atoms with Gasteiger partial charge in [-0.15, -0.1) is 0 Å². The first-order valence-electron chi connectivity index (χ1n) is 6.89. The molecule has 0 saturated heterocycles. The molecule has 0 aliphatic carbocycles. The highest BCUT2D eigenvalue weighted by molar-refractivity contribution is 6.30. The van der Waals surface area contributed by atoms with Crippen LogP contribution in [0.3, 0.4) is 0 Å². The molecule has 0 aromatic heterocycles. The number of aliphatic carboxylic acids is 1. The van der Waals surface area contributed by atoms with Crippen molar-refractivity contribution < 1.29 is 19.1 Å². The van der Waals surface area contributed by atoms with E-state index in [9.17, 15) is 14.0 Å². The zero-order chi connectivity index (χ0) is 15.8. The Kier molecular flexibility index (Phi) is 7.15. The van der Waals surface area contributed by atoms with Gasteiger partial charge < -0.3 is 10.4 Å². The molecule has 1 atom stereocenters. The van der Waals surface area contributed by atoms with Crippen LogP contribution >= 0.6 is 11.6 Å². The van der Waals surface area contributed by atoms with Crippen LogP contribution in [0.1, 0.15) is 43.0 Å². The monoisotopic (exact) mass is 315 g/mol. The minimum absolute atomic E-state index is 0.0823. The first-order valence-corrected chi connectivity index (χ1v) is 7.26. The van der Waals surface area contributed by atoms with Crippen LogP contribution in [-0.2, 0) is 4.79 Å². The predicted octanol–water partition coefficient (Wildman–Crippen LogP) is 3.49. The van der Waals surface area contributed by atoms with Crippen LogP contribution in [0.25, 0.3) is 0 Å². The molecule has 1 rings (SSSR count). The second-order valence-corrected chi connectivity index (χ2v) is 5.31. The average Bonchev–Trinajstić information content (AvgIpc) is 2.44. The molecule has 1 aromatic carbocycles. The van der Waals surface area contributed by atoms with Gasteiger partial charge in [0.1, 0.15) is 5.82 Å². The van der Waals surface area contributed by atoms with E-state index in [2.05, 4.69) is 5.32 Å². The number of carbonyl (C=O) groups is 2. The van der Waals surface area contributed by atoms with E-state index in [-0.39, 0.29) is 17.9 Å². The van der Waals surface area contributed by atoms with Crippen LogP contribution in [0.5, 0.6) is 0 Å². The molecular weight excluding hydrogens is 297 g/mol. The summed E-state index contributed by atoms with van der Waals surface area (Å²) in [6, 6.07) is 3.82. The van der Waals surface area contributed by atoms with Crippen LogP contribution in [0.2, 0.25) is 5.02 Å². The number of hydrogen-bond acceptors (Lipinski definition) is 2.